The number of phenols is 1. The lowest BCUT2D eigenvalue weighted by Crippen LogP contribution is -2.01. The van der Waals surface area contributed by atoms with Crippen molar-refractivity contribution in [2.45, 2.75) is 20.3 Å². The first-order valence-electron chi connectivity index (χ1n) is 4.92. The molecule has 0 aliphatic heterocycles. The summed E-state index contributed by atoms with van der Waals surface area (Å²) in [6.45, 7) is 3.96. The molecule has 0 bridgehead atoms. The predicted molar refractivity (Wildman–Crippen MR) is 57.1 cm³/mol. The van der Waals surface area contributed by atoms with Gasteiger partial charge in [0.15, 0.2) is 0 Å². The fraction of sp³-hybridized carbons (Fsp3) is 0.273. The lowest BCUT2D eigenvalue weighted by molar-refractivity contribution is 0.475. The molecule has 4 heteroatoms. The molecule has 15 heavy (non-hydrogen) atoms. The largest absolute Gasteiger partial charge is 0.508 e. The molecule has 0 radical (unpaired) electrons. The van der Waals surface area contributed by atoms with Gasteiger partial charge in [0.05, 0.1) is 0 Å². The Kier molecular flexibility index (Phi) is 2.41. The van der Waals surface area contributed by atoms with Gasteiger partial charge in [-0.1, -0.05) is 6.92 Å². The molecular weight excluding hydrogens is 190 g/mol. The van der Waals surface area contributed by atoms with Crippen LogP contribution in [0.3, 0.4) is 0 Å². The highest BCUT2D eigenvalue weighted by Gasteiger charge is 2.08. The van der Waals surface area contributed by atoms with Crippen molar-refractivity contribution < 1.29 is 5.11 Å². The van der Waals surface area contributed by atoms with Crippen LogP contribution in [0.1, 0.15) is 18.6 Å². The highest BCUT2D eigenvalue weighted by Crippen LogP contribution is 2.16. The molecule has 0 saturated heterocycles. The van der Waals surface area contributed by atoms with Crippen LogP contribution in [-0.2, 0) is 6.42 Å². The van der Waals surface area contributed by atoms with Gasteiger partial charge in [0.25, 0.3) is 0 Å². The van der Waals surface area contributed by atoms with Gasteiger partial charge in [-0.25, -0.2) is 0 Å². The van der Waals surface area contributed by atoms with Crippen LogP contribution in [0, 0.1) is 6.92 Å². The van der Waals surface area contributed by atoms with Crippen molar-refractivity contribution in [3.63, 3.8) is 0 Å². The van der Waals surface area contributed by atoms with Gasteiger partial charge in [0.1, 0.15) is 17.4 Å². The molecule has 2 aromatic rings. The summed E-state index contributed by atoms with van der Waals surface area (Å²) < 4.78 is 1.99. The molecule has 1 aromatic carbocycles. The van der Waals surface area contributed by atoms with E-state index in [1.165, 1.54) is 0 Å². The van der Waals surface area contributed by atoms with E-state index in [0.29, 0.717) is 0 Å². The zero-order chi connectivity index (χ0) is 10.8. The zero-order valence-electron chi connectivity index (χ0n) is 8.81. The summed E-state index contributed by atoms with van der Waals surface area (Å²) in [5.74, 6) is 2.05. The van der Waals surface area contributed by atoms with Gasteiger partial charge < -0.3 is 5.11 Å². The average Bonchev–Trinajstić information content (AvgIpc) is 2.61. The Morgan fingerprint density at radius 2 is 1.87 bits per heavy atom. The highest BCUT2D eigenvalue weighted by atomic mass is 16.3. The number of hydrogen-bond acceptors (Lipinski definition) is 3. The van der Waals surface area contributed by atoms with Gasteiger partial charge in [-0.05, 0) is 31.2 Å². The second-order valence-corrected chi connectivity index (χ2v) is 3.37. The maximum absolute atomic E-state index is 9.21. The number of benzene rings is 1. The van der Waals surface area contributed by atoms with Gasteiger partial charge in [-0.15, -0.1) is 10.2 Å². The summed E-state index contributed by atoms with van der Waals surface area (Å²) in [5.41, 5.74) is 0.979. The number of phenolic OH excluding ortho intramolecular Hbond substituents is 1. The molecule has 0 aliphatic carbocycles. The first-order valence-corrected chi connectivity index (χ1v) is 4.92. The zero-order valence-corrected chi connectivity index (χ0v) is 8.81. The van der Waals surface area contributed by atoms with E-state index < -0.39 is 0 Å². The van der Waals surface area contributed by atoms with Gasteiger partial charge in [0.2, 0.25) is 0 Å². The highest BCUT2D eigenvalue weighted by molar-refractivity contribution is 5.38. The molecule has 78 valence electrons. The van der Waals surface area contributed by atoms with Crippen LogP contribution in [0.15, 0.2) is 24.3 Å². The minimum absolute atomic E-state index is 0.266. The Labute approximate surface area is 88.2 Å². The monoisotopic (exact) mass is 203 g/mol. The second kappa shape index (κ2) is 3.73. The molecule has 0 spiro atoms. The van der Waals surface area contributed by atoms with Crippen LogP contribution >= 0.6 is 0 Å². The molecule has 1 N–H and O–H groups in total. The van der Waals surface area contributed by atoms with Gasteiger partial charge >= 0.3 is 0 Å². The minimum Gasteiger partial charge on any atom is -0.508 e. The Morgan fingerprint density at radius 3 is 2.47 bits per heavy atom. The van der Waals surface area contributed by atoms with E-state index >= 15 is 0 Å². The Bertz CT molecular complexity index is 459. The lowest BCUT2D eigenvalue weighted by Gasteiger charge is -2.07. The molecule has 0 aliphatic rings. The van der Waals surface area contributed by atoms with E-state index in [9.17, 15) is 5.11 Å². The topological polar surface area (TPSA) is 50.9 Å². The smallest absolute Gasteiger partial charge is 0.137 e. The third-order valence-electron chi connectivity index (χ3n) is 2.32. The Morgan fingerprint density at radius 1 is 1.20 bits per heavy atom. The second-order valence-electron chi connectivity index (χ2n) is 3.37. The van der Waals surface area contributed by atoms with Crippen LogP contribution < -0.4 is 0 Å². The number of hydrogen-bond donors (Lipinski definition) is 1. The molecule has 4 nitrogen and oxygen atoms in total. The molecular formula is C11H13N3O. The van der Waals surface area contributed by atoms with Crippen LogP contribution in [0.25, 0.3) is 5.69 Å². The van der Waals surface area contributed by atoms with Crippen LogP contribution in [0.5, 0.6) is 5.75 Å². The maximum Gasteiger partial charge on any atom is 0.137 e. The van der Waals surface area contributed by atoms with Crippen molar-refractivity contribution in [2.75, 3.05) is 0 Å². The first-order chi connectivity index (χ1) is 7.22. The fourth-order valence-corrected chi connectivity index (χ4v) is 1.57. The third kappa shape index (κ3) is 1.70. The SMILES string of the molecule is CCc1nnc(C)n1-c1ccc(O)cc1. The maximum atomic E-state index is 9.21. The van der Waals surface area contributed by atoms with E-state index in [1.807, 2.05) is 30.5 Å². The van der Waals surface area contributed by atoms with Crippen molar-refractivity contribution in [3.8, 4) is 11.4 Å². The van der Waals surface area contributed by atoms with Crippen molar-refractivity contribution in [1.82, 2.24) is 14.8 Å². The minimum atomic E-state index is 0.266. The number of nitrogens with zero attached hydrogens (tertiary/aromatic N) is 3. The quantitative estimate of drug-likeness (QED) is 0.810. The van der Waals surface area contributed by atoms with Crippen molar-refractivity contribution in [3.05, 3.63) is 35.9 Å². The van der Waals surface area contributed by atoms with E-state index in [0.717, 1.165) is 23.8 Å². The molecule has 1 aromatic heterocycles. The average molecular weight is 203 g/mol. The van der Waals surface area contributed by atoms with Gasteiger partial charge in [-0.3, -0.25) is 4.57 Å². The molecule has 0 unspecified atom stereocenters. The summed E-state index contributed by atoms with van der Waals surface area (Å²) >= 11 is 0. The molecule has 1 heterocycles. The van der Waals surface area contributed by atoms with Gasteiger partial charge in [-0.2, -0.15) is 0 Å². The van der Waals surface area contributed by atoms with Crippen LogP contribution in [-0.4, -0.2) is 19.9 Å². The lowest BCUT2D eigenvalue weighted by atomic mass is 10.3. The molecule has 2 rings (SSSR count). The van der Waals surface area contributed by atoms with Crippen molar-refractivity contribution in [1.29, 1.82) is 0 Å². The normalized spacial score (nSPS) is 10.5. The standard InChI is InChI=1S/C11H13N3O/c1-3-11-13-12-8(2)14(11)9-4-6-10(15)7-5-9/h4-7,15H,3H2,1-2H3. The number of aromatic hydroxyl groups is 1. The van der Waals surface area contributed by atoms with Crippen LogP contribution in [0.2, 0.25) is 0 Å². The van der Waals surface area contributed by atoms with Crippen LogP contribution in [0.4, 0.5) is 0 Å². The number of aryl methyl sites for hydroxylation is 2. The Balaban J connectivity index is 2.52. The third-order valence-corrected chi connectivity index (χ3v) is 2.32. The molecule has 0 saturated carbocycles. The Hall–Kier alpha value is -1.84. The number of rotatable bonds is 2. The van der Waals surface area contributed by atoms with Crippen molar-refractivity contribution in [2.24, 2.45) is 0 Å². The first kappa shape index (κ1) is 9.71. The van der Waals surface area contributed by atoms with E-state index in [-0.39, 0.29) is 5.75 Å². The number of aromatic nitrogens is 3. The fourth-order valence-electron chi connectivity index (χ4n) is 1.57. The summed E-state index contributed by atoms with van der Waals surface area (Å²) in [6.07, 6.45) is 0.835. The van der Waals surface area contributed by atoms with E-state index in [2.05, 4.69) is 10.2 Å². The van der Waals surface area contributed by atoms with E-state index in [1.54, 1.807) is 12.1 Å². The van der Waals surface area contributed by atoms with Crippen molar-refractivity contribution >= 4 is 0 Å². The molecule has 0 fully saturated rings. The summed E-state index contributed by atoms with van der Waals surface area (Å²) in [6, 6.07) is 7.03. The molecule has 0 atom stereocenters. The predicted octanol–water partition coefficient (Wildman–Crippen LogP) is 1.84. The molecule has 0 amide bonds. The van der Waals surface area contributed by atoms with Gasteiger partial charge in [0, 0.05) is 12.1 Å². The van der Waals surface area contributed by atoms with E-state index in [4.69, 9.17) is 0 Å². The summed E-state index contributed by atoms with van der Waals surface area (Å²) in [4.78, 5) is 0. The summed E-state index contributed by atoms with van der Waals surface area (Å²) in [7, 11) is 0. The summed E-state index contributed by atoms with van der Waals surface area (Å²) in [5, 5.41) is 17.3.